The summed E-state index contributed by atoms with van der Waals surface area (Å²) in [5.74, 6) is 1.77. The van der Waals surface area contributed by atoms with E-state index in [2.05, 4.69) is 51.1 Å². The second-order valence-corrected chi connectivity index (χ2v) is 8.59. The second-order valence-electron chi connectivity index (χ2n) is 8.59. The van der Waals surface area contributed by atoms with Crippen LogP contribution in [0, 0.1) is 0 Å². The van der Waals surface area contributed by atoms with Crippen molar-refractivity contribution in [2.24, 2.45) is 0 Å². The summed E-state index contributed by atoms with van der Waals surface area (Å²) in [6, 6.07) is 15.8. The van der Waals surface area contributed by atoms with Gasteiger partial charge in [-0.05, 0) is 31.0 Å². The first-order valence-electron chi connectivity index (χ1n) is 11.4. The Morgan fingerprint density at radius 3 is 2.52 bits per heavy atom. The van der Waals surface area contributed by atoms with E-state index in [9.17, 15) is 5.11 Å². The average Bonchev–Trinajstić information content (AvgIpc) is 3.28. The number of para-hydroxylation sites is 1. The Balaban J connectivity index is 1.41. The molecule has 1 saturated heterocycles. The Morgan fingerprint density at radius 2 is 1.79 bits per heavy atom. The molecule has 33 heavy (non-hydrogen) atoms. The molecular formula is C25H29N7O. The number of phenols is 1. The molecule has 0 spiro atoms. The first-order chi connectivity index (χ1) is 16.1. The third-order valence-electron chi connectivity index (χ3n) is 5.99. The number of anilines is 2. The molecule has 1 aliphatic heterocycles. The molecule has 8 nitrogen and oxygen atoms in total. The van der Waals surface area contributed by atoms with Crippen LogP contribution in [0.3, 0.4) is 0 Å². The van der Waals surface area contributed by atoms with Crippen LogP contribution in [0.4, 0.5) is 11.8 Å². The summed E-state index contributed by atoms with van der Waals surface area (Å²) in [6.07, 6.45) is 1.85. The average molecular weight is 444 g/mol. The maximum atomic E-state index is 10.1. The summed E-state index contributed by atoms with van der Waals surface area (Å²) in [6.45, 7) is 8.50. The lowest BCUT2D eigenvalue weighted by atomic mass is 10.0. The minimum Gasteiger partial charge on any atom is -0.507 e. The Hall–Kier alpha value is -3.65. The second kappa shape index (κ2) is 9.07. The molecule has 3 N–H and O–H groups in total. The summed E-state index contributed by atoms with van der Waals surface area (Å²) in [7, 11) is 0. The Bertz CT molecular complexity index is 1240. The fraction of sp³-hybridized carbons (Fsp3) is 0.320. The number of fused-ring (bicyclic) bond motifs is 1. The summed E-state index contributed by atoms with van der Waals surface area (Å²) >= 11 is 0. The van der Waals surface area contributed by atoms with Crippen molar-refractivity contribution in [3.8, 4) is 16.9 Å². The molecule has 0 unspecified atom stereocenters. The molecule has 0 atom stereocenters. The van der Waals surface area contributed by atoms with Crippen molar-refractivity contribution < 1.29 is 5.11 Å². The molecule has 2 aromatic heterocycles. The summed E-state index contributed by atoms with van der Waals surface area (Å²) in [5, 5.41) is 17.0. The number of nitrogens with zero attached hydrogens (tertiary/aromatic N) is 5. The van der Waals surface area contributed by atoms with E-state index in [4.69, 9.17) is 9.97 Å². The number of hydrogen-bond acceptors (Lipinski definition) is 7. The first-order valence-corrected chi connectivity index (χ1v) is 11.4. The van der Waals surface area contributed by atoms with Crippen molar-refractivity contribution in [3.05, 3.63) is 60.4 Å². The van der Waals surface area contributed by atoms with Gasteiger partial charge in [-0.25, -0.2) is 4.98 Å². The molecule has 5 rings (SSSR count). The number of hydrogen-bond donors (Lipinski definition) is 3. The normalized spacial score (nSPS) is 14.2. The largest absolute Gasteiger partial charge is 0.507 e. The van der Waals surface area contributed by atoms with Crippen molar-refractivity contribution in [2.75, 3.05) is 36.4 Å². The van der Waals surface area contributed by atoms with E-state index in [-0.39, 0.29) is 11.8 Å². The van der Waals surface area contributed by atoms with Crippen LogP contribution < -0.4 is 15.5 Å². The fourth-order valence-corrected chi connectivity index (χ4v) is 4.12. The molecule has 0 amide bonds. The summed E-state index contributed by atoms with van der Waals surface area (Å²) in [4.78, 5) is 16.6. The maximum Gasteiger partial charge on any atom is 0.229 e. The van der Waals surface area contributed by atoms with Crippen molar-refractivity contribution in [2.45, 2.75) is 26.4 Å². The van der Waals surface area contributed by atoms with Gasteiger partial charge in [-0.1, -0.05) is 42.5 Å². The highest BCUT2D eigenvalue weighted by molar-refractivity contribution is 5.84. The number of nitrogens with one attached hydrogen (secondary N) is 2. The van der Waals surface area contributed by atoms with E-state index < -0.39 is 0 Å². The highest BCUT2D eigenvalue weighted by atomic mass is 16.3. The molecule has 0 radical (unpaired) electrons. The number of piperazine rings is 1. The molecule has 2 aromatic carbocycles. The third-order valence-corrected chi connectivity index (χ3v) is 5.99. The highest BCUT2D eigenvalue weighted by Crippen LogP contribution is 2.29. The monoisotopic (exact) mass is 443 g/mol. The molecular weight excluding hydrogens is 414 g/mol. The standard InChI is InChI=1S/C25H29N7O/c1-17(2)32-16-28-22-23(29-25(30-24(22)32)31-13-11-26-12-14-31)27-15-18-7-9-19(10-8-18)20-5-3-4-6-21(20)33/h3-10,16-17,26,33H,11-15H2,1-2H3,(H,27,29,30). The number of benzene rings is 2. The minimum atomic E-state index is 0.260. The predicted octanol–water partition coefficient (Wildman–Crippen LogP) is 3.80. The van der Waals surface area contributed by atoms with Gasteiger partial charge in [0.15, 0.2) is 17.0 Å². The lowest BCUT2D eigenvalue weighted by Gasteiger charge is -2.27. The van der Waals surface area contributed by atoms with Gasteiger partial charge in [0.25, 0.3) is 0 Å². The van der Waals surface area contributed by atoms with Crippen molar-refractivity contribution in [3.63, 3.8) is 0 Å². The molecule has 0 saturated carbocycles. The number of rotatable bonds is 6. The predicted molar refractivity (Wildman–Crippen MR) is 132 cm³/mol. The van der Waals surface area contributed by atoms with E-state index in [1.54, 1.807) is 6.07 Å². The van der Waals surface area contributed by atoms with Crippen LogP contribution in [0.1, 0.15) is 25.5 Å². The van der Waals surface area contributed by atoms with Crippen molar-refractivity contribution >= 4 is 22.9 Å². The minimum absolute atomic E-state index is 0.260. The summed E-state index contributed by atoms with van der Waals surface area (Å²) < 4.78 is 2.09. The van der Waals surface area contributed by atoms with Crippen LogP contribution in [-0.4, -0.2) is 50.8 Å². The molecule has 170 valence electrons. The zero-order chi connectivity index (χ0) is 22.8. The molecule has 3 heterocycles. The molecule has 0 aliphatic carbocycles. The van der Waals surface area contributed by atoms with Crippen molar-refractivity contribution in [1.29, 1.82) is 0 Å². The number of aromatic hydroxyl groups is 1. The fourth-order valence-electron chi connectivity index (χ4n) is 4.12. The maximum absolute atomic E-state index is 10.1. The Morgan fingerprint density at radius 1 is 1.03 bits per heavy atom. The van der Waals surface area contributed by atoms with Gasteiger partial charge in [-0.3, -0.25) is 0 Å². The lowest BCUT2D eigenvalue weighted by Crippen LogP contribution is -2.44. The van der Waals surface area contributed by atoms with Crippen LogP contribution in [0.2, 0.25) is 0 Å². The zero-order valence-corrected chi connectivity index (χ0v) is 19.0. The third kappa shape index (κ3) is 4.34. The van der Waals surface area contributed by atoms with E-state index in [1.807, 2.05) is 36.7 Å². The SMILES string of the molecule is CC(C)n1cnc2c(NCc3ccc(-c4ccccc4O)cc3)nc(N3CCNCC3)nc21. The number of aromatic nitrogens is 4. The quantitative estimate of drug-likeness (QED) is 0.417. The molecule has 4 aromatic rings. The highest BCUT2D eigenvalue weighted by Gasteiger charge is 2.19. The van der Waals surface area contributed by atoms with E-state index in [0.717, 1.165) is 65.8 Å². The Labute approximate surface area is 193 Å². The van der Waals surface area contributed by atoms with Gasteiger partial charge in [0.05, 0.1) is 6.33 Å². The zero-order valence-electron chi connectivity index (χ0n) is 19.0. The van der Waals surface area contributed by atoms with Crippen LogP contribution in [0.5, 0.6) is 5.75 Å². The van der Waals surface area contributed by atoms with Gasteiger partial charge in [0.1, 0.15) is 5.75 Å². The van der Waals surface area contributed by atoms with E-state index >= 15 is 0 Å². The number of phenolic OH excluding ortho intramolecular Hbond substituents is 1. The molecule has 1 aliphatic rings. The van der Waals surface area contributed by atoms with Gasteiger partial charge < -0.3 is 25.2 Å². The van der Waals surface area contributed by atoms with Gasteiger partial charge in [-0.2, -0.15) is 9.97 Å². The smallest absolute Gasteiger partial charge is 0.229 e. The van der Waals surface area contributed by atoms with Gasteiger partial charge in [-0.15, -0.1) is 0 Å². The van der Waals surface area contributed by atoms with Gasteiger partial charge >= 0.3 is 0 Å². The van der Waals surface area contributed by atoms with E-state index in [0.29, 0.717) is 6.54 Å². The van der Waals surface area contributed by atoms with Crippen LogP contribution in [0.15, 0.2) is 54.9 Å². The topological polar surface area (TPSA) is 91.1 Å². The molecule has 1 fully saturated rings. The van der Waals surface area contributed by atoms with Gasteiger partial charge in [0.2, 0.25) is 5.95 Å². The molecule has 0 bridgehead atoms. The molecule has 8 heteroatoms. The van der Waals surface area contributed by atoms with Crippen molar-refractivity contribution in [1.82, 2.24) is 24.8 Å². The first kappa shape index (κ1) is 21.2. The van der Waals surface area contributed by atoms with Crippen LogP contribution in [-0.2, 0) is 6.54 Å². The lowest BCUT2D eigenvalue weighted by molar-refractivity contribution is 0.477. The number of imidazole rings is 1. The van der Waals surface area contributed by atoms with E-state index in [1.165, 1.54) is 0 Å². The summed E-state index contributed by atoms with van der Waals surface area (Å²) in [5.41, 5.74) is 4.57. The van der Waals surface area contributed by atoms with Crippen LogP contribution >= 0.6 is 0 Å². The van der Waals surface area contributed by atoms with Crippen LogP contribution in [0.25, 0.3) is 22.3 Å². The Kier molecular flexibility index (Phi) is 5.83. The van der Waals surface area contributed by atoms with Gasteiger partial charge in [0, 0.05) is 44.3 Å².